The molecule has 2 aromatic rings. The topological polar surface area (TPSA) is 53.4 Å². The minimum absolute atomic E-state index is 0.139. The van der Waals surface area contributed by atoms with Gasteiger partial charge in [-0.05, 0) is 50.4 Å². The number of thiophene rings is 1. The highest BCUT2D eigenvalue weighted by atomic mass is 32.1. The number of nitrogens with one attached hydrogen (secondary N) is 1. The van der Waals surface area contributed by atoms with Crippen molar-refractivity contribution in [1.82, 2.24) is 19.8 Å². The van der Waals surface area contributed by atoms with Gasteiger partial charge in [-0.2, -0.15) is 0 Å². The first-order valence-electron chi connectivity index (χ1n) is 9.40. The first-order chi connectivity index (χ1) is 12.6. The molecule has 1 aliphatic carbocycles. The zero-order chi connectivity index (χ0) is 18.3. The number of piperazine rings is 1. The Labute approximate surface area is 162 Å². The van der Waals surface area contributed by atoms with Crippen LogP contribution in [0.4, 0.5) is 5.95 Å². The second-order valence-corrected chi connectivity index (χ2v) is 8.35. The first kappa shape index (κ1) is 17.7. The van der Waals surface area contributed by atoms with E-state index in [1.807, 2.05) is 18.5 Å². The highest BCUT2D eigenvalue weighted by Gasteiger charge is 2.26. The van der Waals surface area contributed by atoms with Crippen LogP contribution in [0.25, 0.3) is 10.2 Å². The highest BCUT2D eigenvalue weighted by molar-refractivity contribution is 7.80. The summed E-state index contributed by atoms with van der Waals surface area (Å²) in [6.45, 7) is 6.02. The van der Waals surface area contributed by atoms with E-state index in [-0.39, 0.29) is 5.56 Å². The molecule has 0 unspecified atom stereocenters. The van der Waals surface area contributed by atoms with E-state index in [1.165, 1.54) is 23.3 Å². The Morgan fingerprint density at radius 3 is 2.65 bits per heavy atom. The quantitative estimate of drug-likeness (QED) is 0.790. The number of nitrogens with zero attached hydrogens (tertiary/aromatic N) is 4. The van der Waals surface area contributed by atoms with Crippen LogP contribution in [0.2, 0.25) is 0 Å². The maximum Gasteiger partial charge on any atom is 0.263 e. The fourth-order valence-electron chi connectivity index (χ4n) is 4.02. The SMILES string of the molecule is CCn1c(N2CCN(C(=S)NC)CC2)nc2sc3c(c2c1=O)CCCC3. The summed E-state index contributed by atoms with van der Waals surface area (Å²) in [5.74, 6) is 0.818. The van der Waals surface area contributed by atoms with Gasteiger partial charge in [-0.15, -0.1) is 11.3 Å². The Kier molecular flexibility index (Phi) is 4.88. The summed E-state index contributed by atoms with van der Waals surface area (Å²) in [6, 6.07) is 0. The van der Waals surface area contributed by atoms with E-state index >= 15 is 0 Å². The highest BCUT2D eigenvalue weighted by Crippen LogP contribution is 2.34. The fraction of sp³-hybridized carbons (Fsp3) is 0.611. The zero-order valence-corrected chi connectivity index (χ0v) is 17.0. The molecule has 1 N–H and O–H groups in total. The minimum atomic E-state index is 0.139. The van der Waals surface area contributed by atoms with Gasteiger partial charge in [0.05, 0.1) is 5.39 Å². The van der Waals surface area contributed by atoms with Crippen molar-refractivity contribution < 1.29 is 0 Å². The second kappa shape index (κ2) is 7.15. The average molecular weight is 392 g/mol. The smallest absolute Gasteiger partial charge is 0.263 e. The van der Waals surface area contributed by atoms with Crippen LogP contribution in [0.3, 0.4) is 0 Å². The van der Waals surface area contributed by atoms with E-state index in [4.69, 9.17) is 17.2 Å². The van der Waals surface area contributed by atoms with Crippen LogP contribution in [-0.2, 0) is 19.4 Å². The van der Waals surface area contributed by atoms with Gasteiger partial charge in [-0.25, -0.2) is 4.98 Å². The Balaban J connectivity index is 1.72. The third-order valence-corrected chi connectivity index (χ3v) is 7.08. The number of rotatable bonds is 2. The molecule has 140 valence electrons. The Hall–Kier alpha value is -1.67. The van der Waals surface area contributed by atoms with E-state index in [0.29, 0.717) is 6.54 Å². The summed E-state index contributed by atoms with van der Waals surface area (Å²) in [5.41, 5.74) is 1.41. The lowest BCUT2D eigenvalue weighted by Gasteiger charge is -2.37. The lowest BCUT2D eigenvalue weighted by Crippen LogP contribution is -2.52. The molecular weight excluding hydrogens is 366 g/mol. The molecule has 1 fully saturated rings. The predicted molar refractivity (Wildman–Crippen MR) is 112 cm³/mol. The molecule has 26 heavy (non-hydrogen) atoms. The predicted octanol–water partition coefficient (Wildman–Crippen LogP) is 1.98. The van der Waals surface area contributed by atoms with Crippen LogP contribution in [0.5, 0.6) is 0 Å². The molecule has 1 aliphatic heterocycles. The van der Waals surface area contributed by atoms with Gasteiger partial charge in [0.25, 0.3) is 5.56 Å². The number of fused-ring (bicyclic) bond motifs is 3. The van der Waals surface area contributed by atoms with Gasteiger partial charge >= 0.3 is 0 Å². The molecule has 0 saturated carbocycles. The van der Waals surface area contributed by atoms with Crippen molar-refractivity contribution in [3.63, 3.8) is 0 Å². The third kappa shape index (κ3) is 2.89. The van der Waals surface area contributed by atoms with Crippen LogP contribution in [0, 0.1) is 0 Å². The Morgan fingerprint density at radius 1 is 1.23 bits per heavy atom. The van der Waals surface area contributed by atoms with Gasteiger partial charge in [-0.1, -0.05) is 0 Å². The molecule has 0 atom stereocenters. The summed E-state index contributed by atoms with van der Waals surface area (Å²) in [6.07, 6.45) is 4.52. The number of hydrogen-bond donors (Lipinski definition) is 1. The van der Waals surface area contributed by atoms with Crippen LogP contribution in [-0.4, -0.2) is 52.8 Å². The maximum absolute atomic E-state index is 13.2. The van der Waals surface area contributed by atoms with Crippen molar-refractivity contribution in [2.24, 2.45) is 0 Å². The van der Waals surface area contributed by atoms with Crippen molar-refractivity contribution >= 4 is 44.8 Å². The van der Waals surface area contributed by atoms with E-state index in [0.717, 1.165) is 60.3 Å². The standard InChI is InChI=1S/C18H25N5OS2/c1-3-23-16(24)14-12-6-4-5-7-13(12)26-15(14)20-17(23)21-8-10-22(11-9-21)18(25)19-2/h3-11H2,1-2H3,(H,19,25). The summed E-state index contributed by atoms with van der Waals surface area (Å²) in [5, 5.41) is 4.71. The first-order valence-corrected chi connectivity index (χ1v) is 10.6. The molecular formula is C18H25N5OS2. The molecule has 0 radical (unpaired) electrons. The van der Waals surface area contributed by atoms with Crippen molar-refractivity contribution in [1.29, 1.82) is 0 Å². The van der Waals surface area contributed by atoms with Gasteiger partial charge in [0.2, 0.25) is 5.95 Å². The summed E-state index contributed by atoms with van der Waals surface area (Å²) in [4.78, 5) is 24.9. The van der Waals surface area contributed by atoms with E-state index < -0.39 is 0 Å². The molecule has 6 nitrogen and oxygen atoms in total. The van der Waals surface area contributed by atoms with E-state index in [2.05, 4.69) is 15.1 Å². The average Bonchev–Trinajstić information content (AvgIpc) is 3.06. The van der Waals surface area contributed by atoms with Crippen LogP contribution in [0.15, 0.2) is 4.79 Å². The molecule has 0 bridgehead atoms. The van der Waals surface area contributed by atoms with Crippen molar-refractivity contribution in [3.05, 3.63) is 20.8 Å². The fourth-order valence-corrected chi connectivity index (χ4v) is 5.45. The molecule has 3 heterocycles. The zero-order valence-electron chi connectivity index (χ0n) is 15.4. The Morgan fingerprint density at radius 2 is 1.96 bits per heavy atom. The third-order valence-electron chi connectivity index (χ3n) is 5.43. The second-order valence-electron chi connectivity index (χ2n) is 6.88. The molecule has 1 saturated heterocycles. The van der Waals surface area contributed by atoms with Crippen LogP contribution >= 0.6 is 23.6 Å². The van der Waals surface area contributed by atoms with Crippen molar-refractivity contribution in [2.45, 2.75) is 39.2 Å². The Bertz CT molecular complexity index is 895. The molecule has 4 rings (SSSR count). The van der Waals surface area contributed by atoms with Gasteiger partial charge in [0.15, 0.2) is 5.11 Å². The van der Waals surface area contributed by atoms with Crippen LogP contribution < -0.4 is 15.8 Å². The monoisotopic (exact) mass is 391 g/mol. The minimum Gasteiger partial charge on any atom is -0.366 e. The summed E-state index contributed by atoms with van der Waals surface area (Å²) >= 11 is 7.07. The number of hydrogen-bond acceptors (Lipinski definition) is 5. The number of thiocarbonyl (C=S) groups is 1. The van der Waals surface area contributed by atoms with Crippen molar-refractivity contribution in [2.75, 3.05) is 38.1 Å². The molecule has 2 aliphatic rings. The lowest BCUT2D eigenvalue weighted by atomic mass is 9.97. The van der Waals surface area contributed by atoms with E-state index in [9.17, 15) is 4.79 Å². The van der Waals surface area contributed by atoms with Gasteiger partial charge in [0.1, 0.15) is 4.83 Å². The molecule has 0 aromatic carbocycles. The summed E-state index contributed by atoms with van der Waals surface area (Å²) in [7, 11) is 1.86. The van der Waals surface area contributed by atoms with Crippen molar-refractivity contribution in [3.8, 4) is 0 Å². The molecule has 8 heteroatoms. The normalized spacial score (nSPS) is 17.5. The molecule has 0 spiro atoms. The van der Waals surface area contributed by atoms with Gasteiger partial charge in [0, 0.05) is 44.6 Å². The van der Waals surface area contributed by atoms with Gasteiger partial charge < -0.3 is 15.1 Å². The largest absolute Gasteiger partial charge is 0.366 e. The lowest BCUT2D eigenvalue weighted by molar-refractivity contribution is 0.377. The molecule has 0 amide bonds. The number of anilines is 1. The van der Waals surface area contributed by atoms with E-state index in [1.54, 1.807) is 11.3 Å². The molecule has 2 aromatic heterocycles. The summed E-state index contributed by atoms with van der Waals surface area (Å²) < 4.78 is 1.86. The maximum atomic E-state index is 13.2. The number of aromatic nitrogens is 2. The number of aryl methyl sites for hydroxylation is 2. The van der Waals surface area contributed by atoms with Gasteiger partial charge in [-0.3, -0.25) is 9.36 Å². The van der Waals surface area contributed by atoms with Crippen LogP contribution in [0.1, 0.15) is 30.2 Å².